The summed E-state index contributed by atoms with van der Waals surface area (Å²) in [6, 6.07) is 15.6. The first-order valence-electron chi connectivity index (χ1n) is 9.42. The Kier molecular flexibility index (Phi) is 4.52. The number of rotatable bonds is 5. The van der Waals surface area contributed by atoms with Crippen LogP contribution < -0.4 is 4.90 Å². The van der Waals surface area contributed by atoms with Crippen molar-refractivity contribution in [2.45, 2.75) is 25.3 Å². The number of para-hydroxylation sites is 1. The topological polar surface area (TPSA) is 59.0 Å². The maximum atomic E-state index is 13.4. The Bertz CT molecular complexity index is 1150. The minimum atomic E-state index is -0.309. The monoisotopic (exact) mass is 404 g/mol. The number of halogens is 1. The number of carbonyl (C=O) groups is 1. The highest BCUT2D eigenvalue weighted by Crippen LogP contribution is 2.38. The summed E-state index contributed by atoms with van der Waals surface area (Å²) in [6.07, 6.45) is 3.77. The van der Waals surface area contributed by atoms with Gasteiger partial charge in [0.05, 0.1) is 16.8 Å². The van der Waals surface area contributed by atoms with Crippen molar-refractivity contribution in [3.63, 3.8) is 0 Å². The number of benzene rings is 2. The molecule has 0 atom stereocenters. The van der Waals surface area contributed by atoms with Gasteiger partial charge in [-0.15, -0.1) is 0 Å². The van der Waals surface area contributed by atoms with Crippen molar-refractivity contribution in [1.82, 2.24) is 15.0 Å². The van der Waals surface area contributed by atoms with E-state index in [0.29, 0.717) is 16.7 Å². The summed E-state index contributed by atoms with van der Waals surface area (Å²) >= 11 is 1.45. The number of fused-ring (bicyclic) bond motifs is 1. The number of carbonyl (C=O) groups excluding carboxylic acids is 1. The molecule has 1 amide bonds. The molecule has 0 saturated heterocycles. The summed E-state index contributed by atoms with van der Waals surface area (Å²) in [6.45, 7) is 0.279. The first kappa shape index (κ1) is 17.9. The second-order valence-corrected chi connectivity index (χ2v) is 8.07. The van der Waals surface area contributed by atoms with Gasteiger partial charge in [0.15, 0.2) is 5.13 Å². The Morgan fingerprint density at radius 3 is 2.62 bits per heavy atom. The van der Waals surface area contributed by atoms with E-state index in [1.807, 2.05) is 24.3 Å². The Morgan fingerprint density at radius 2 is 1.86 bits per heavy atom. The Morgan fingerprint density at radius 1 is 1.07 bits per heavy atom. The van der Waals surface area contributed by atoms with Crippen LogP contribution in [0.5, 0.6) is 0 Å². The average molecular weight is 404 g/mol. The molecule has 7 heteroatoms. The van der Waals surface area contributed by atoms with Crippen molar-refractivity contribution < 1.29 is 9.18 Å². The fraction of sp³-hybridized carbons (Fsp3) is 0.182. The first-order chi connectivity index (χ1) is 14.2. The van der Waals surface area contributed by atoms with Crippen LogP contribution in [0.1, 0.15) is 40.6 Å². The van der Waals surface area contributed by atoms with Crippen LogP contribution in [-0.4, -0.2) is 20.9 Å². The number of thiazole rings is 1. The van der Waals surface area contributed by atoms with Crippen LogP contribution >= 0.6 is 11.3 Å². The van der Waals surface area contributed by atoms with E-state index in [4.69, 9.17) is 0 Å². The van der Waals surface area contributed by atoms with E-state index in [2.05, 4.69) is 15.0 Å². The molecule has 0 bridgehead atoms. The van der Waals surface area contributed by atoms with Crippen molar-refractivity contribution in [3.05, 3.63) is 83.7 Å². The number of nitrogens with zero attached hydrogens (tertiary/aromatic N) is 4. The molecular weight excluding hydrogens is 387 g/mol. The number of aromatic nitrogens is 3. The van der Waals surface area contributed by atoms with E-state index in [-0.39, 0.29) is 18.3 Å². The number of amides is 1. The van der Waals surface area contributed by atoms with Crippen LogP contribution in [0, 0.1) is 5.82 Å². The molecule has 2 aromatic carbocycles. The minimum absolute atomic E-state index is 0.238. The molecule has 5 nitrogen and oxygen atoms in total. The van der Waals surface area contributed by atoms with Gasteiger partial charge in [-0.25, -0.2) is 19.3 Å². The molecular formula is C22H17FN4OS. The third-order valence-corrected chi connectivity index (χ3v) is 5.91. The second-order valence-electron chi connectivity index (χ2n) is 7.06. The molecule has 0 N–H and O–H groups in total. The maximum Gasteiger partial charge on any atom is 0.279 e. The highest BCUT2D eigenvalue weighted by atomic mass is 32.1. The van der Waals surface area contributed by atoms with Crippen LogP contribution in [-0.2, 0) is 6.54 Å². The Labute approximate surface area is 170 Å². The lowest BCUT2D eigenvalue weighted by atomic mass is 10.2. The van der Waals surface area contributed by atoms with Gasteiger partial charge >= 0.3 is 0 Å². The molecule has 4 aromatic rings. The van der Waals surface area contributed by atoms with E-state index < -0.39 is 0 Å². The van der Waals surface area contributed by atoms with E-state index in [1.54, 1.807) is 29.3 Å². The van der Waals surface area contributed by atoms with Crippen molar-refractivity contribution in [3.8, 4) is 0 Å². The van der Waals surface area contributed by atoms with Gasteiger partial charge in [-0.05, 0) is 48.7 Å². The van der Waals surface area contributed by atoms with Crippen LogP contribution in [0.3, 0.4) is 0 Å². The van der Waals surface area contributed by atoms with E-state index in [9.17, 15) is 9.18 Å². The van der Waals surface area contributed by atoms with Gasteiger partial charge in [0.2, 0.25) is 0 Å². The largest absolute Gasteiger partial charge is 0.279 e. The predicted octanol–water partition coefficient (Wildman–Crippen LogP) is 4.95. The lowest BCUT2D eigenvalue weighted by Crippen LogP contribution is -2.31. The number of hydrogen-bond acceptors (Lipinski definition) is 5. The van der Waals surface area contributed by atoms with Gasteiger partial charge in [0.25, 0.3) is 5.91 Å². The quantitative estimate of drug-likeness (QED) is 0.472. The lowest BCUT2D eigenvalue weighted by Gasteiger charge is -2.20. The van der Waals surface area contributed by atoms with E-state index in [0.717, 1.165) is 34.4 Å². The molecule has 1 saturated carbocycles. The summed E-state index contributed by atoms with van der Waals surface area (Å²) in [4.78, 5) is 28.5. The third kappa shape index (κ3) is 3.73. The molecule has 0 spiro atoms. The number of hydrogen-bond donors (Lipinski definition) is 0. The third-order valence-electron chi connectivity index (χ3n) is 4.85. The molecule has 1 fully saturated rings. The summed E-state index contributed by atoms with van der Waals surface area (Å²) in [5.74, 6) is 0.534. The first-order valence-corrected chi connectivity index (χ1v) is 10.2. The second kappa shape index (κ2) is 7.33. The standard InChI is InChI=1S/C22H17FN4OS/c23-16-9-5-14(6-10-16)13-27(22-26-17-3-1-2-4-19(17)29-22)21(28)18-11-12-24-20(25-18)15-7-8-15/h1-6,9-12,15H,7-8,13H2. The summed E-state index contributed by atoms with van der Waals surface area (Å²) < 4.78 is 14.3. The average Bonchev–Trinajstić information content (AvgIpc) is 3.52. The molecule has 5 rings (SSSR count). The molecule has 0 aliphatic heterocycles. The van der Waals surface area contributed by atoms with Crippen LogP contribution in [0.25, 0.3) is 10.2 Å². The molecule has 0 radical (unpaired) electrons. The molecule has 1 aliphatic carbocycles. The summed E-state index contributed by atoms with van der Waals surface area (Å²) in [5.41, 5.74) is 2.00. The van der Waals surface area contributed by atoms with Gasteiger partial charge in [0.1, 0.15) is 17.3 Å². The molecule has 1 aliphatic rings. The number of anilines is 1. The normalized spacial score (nSPS) is 13.6. The molecule has 0 unspecified atom stereocenters. The van der Waals surface area contributed by atoms with Crippen molar-refractivity contribution in [1.29, 1.82) is 0 Å². The SMILES string of the molecule is O=C(c1ccnc(C2CC2)n1)N(Cc1ccc(F)cc1)c1nc2ccccc2s1. The van der Waals surface area contributed by atoms with Gasteiger partial charge in [0, 0.05) is 12.1 Å². The van der Waals surface area contributed by atoms with Crippen molar-refractivity contribution in [2.24, 2.45) is 0 Å². The zero-order valence-corrected chi connectivity index (χ0v) is 16.3. The highest BCUT2D eigenvalue weighted by molar-refractivity contribution is 7.22. The van der Waals surface area contributed by atoms with Crippen LogP contribution in [0.4, 0.5) is 9.52 Å². The highest BCUT2D eigenvalue weighted by Gasteiger charge is 2.29. The molecule has 2 aromatic heterocycles. The molecule has 144 valence electrons. The van der Waals surface area contributed by atoms with Crippen molar-refractivity contribution in [2.75, 3.05) is 4.90 Å². The lowest BCUT2D eigenvalue weighted by molar-refractivity contribution is 0.0980. The van der Waals surface area contributed by atoms with Gasteiger partial charge < -0.3 is 0 Å². The van der Waals surface area contributed by atoms with Gasteiger partial charge in [-0.2, -0.15) is 0 Å². The fourth-order valence-corrected chi connectivity index (χ4v) is 4.11. The van der Waals surface area contributed by atoms with Crippen LogP contribution in [0.2, 0.25) is 0 Å². The van der Waals surface area contributed by atoms with E-state index >= 15 is 0 Å². The molecule has 2 heterocycles. The smallest absolute Gasteiger partial charge is 0.278 e. The van der Waals surface area contributed by atoms with Crippen LogP contribution in [0.15, 0.2) is 60.8 Å². The summed E-state index contributed by atoms with van der Waals surface area (Å²) in [5, 5.41) is 0.590. The van der Waals surface area contributed by atoms with E-state index in [1.165, 1.54) is 23.5 Å². The van der Waals surface area contributed by atoms with Crippen molar-refractivity contribution >= 4 is 32.6 Å². The summed E-state index contributed by atoms with van der Waals surface area (Å²) in [7, 11) is 0. The fourth-order valence-electron chi connectivity index (χ4n) is 3.14. The maximum absolute atomic E-state index is 13.4. The zero-order chi connectivity index (χ0) is 19.8. The zero-order valence-electron chi connectivity index (χ0n) is 15.5. The Hall–Kier alpha value is -3.19. The van der Waals surface area contributed by atoms with Gasteiger partial charge in [-0.1, -0.05) is 35.6 Å². The Balaban J connectivity index is 1.54. The minimum Gasteiger partial charge on any atom is -0.278 e. The molecule has 29 heavy (non-hydrogen) atoms. The van der Waals surface area contributed by atoms with Gasteiger partial charge in [-0.3, -0.25) is 9.69 Å². The predicted molar refractivity (Wildman–Crippen MR) is 111 cm³/mol.